The van der Waals surface area contributed by atoms with E-state index in [2.05, 4.69) is 0 Å². The van der Waals surface area contributed by atoms with Crippen molar-refractivity contribution in [3.63, 3.8) is 0 Å². The number of rotatable bonds is 0. The summed E-state index contributed by atoms with van der Waals surface area (Å²) in [6.07, 6.45) is -2.21. The van der Waals surface area contributed by atoms with Gasteiger partial charge in [0.25, 0.3) is 11.6 Å². The fourth-order valence-corrected chi connectivity index (χ4v) is 1.94. The number of hydrogen-bond donors (Lipinski definition) is 0. The second kappa shape index (κ2) is 1.76. The van der Waals surface area contributed by atoms with E-state index in [4.69, 9.17) is 0 Å². The lowest BCUT2D eigenvalue weighted by Crippen LogP contribution is -2.97. The van der Waals surface area contributed by atoms with Crippen LogP contribution in [0.25, 0.3) is 0 Å². The van der Waals surface area contributed by atoms with Gasteiger partial charge < -0.3 is 0 Å². The quantitative estimate of drug-likeness (QED) is 0.557. The molecular formula is C6H2F8. The molecule has 0 nitrogen and oxygen atoms in total. The number of fused-ring (bicyclic) bond motifs is 1. The van der Waals surface area contributed by atoms with Crippen LogP contribution in [0, 0.1) is 0 Å². The van der Waals surface area contributed by atoms with Crippen LogP contribution in [-0.2, 0) is 0 Å². The Labute approximate surface area is 71.9 Å². The van der Waals surface area contributed by atoms with E-state index in [0.717, 1.165) is 0 Å². The Morgan fingerprint density at radius 3 is 1.29 bits per heavy atom. The molecule has 0 heterocycles. The maximum Gasteiger partial charge on any atom is 0.356 e. The van der Waals surface area contributed by atoms with Crippen molar-refractivity contribution >= 4 is 0 Å². The lowest BCUT2D eigenvalue weighted by Gasteiger charge is -2.67. The van der Waals surface area contributed by atoms with Crippen LogP contribution >= 0.6 is 0 Å². The van der Waals surface area contributed by atoms with Gasteiger partial charge in [0.2, 0.25) is 5.67 Å². The normalized spacial score (nSPS) is 51.4. The van der Waals surface area contributed by atoms with E-state index in [1.807, 2.05) is 0 Å². The molecule has 2 unspecified atom stereocenters. The first-order valence-corrected chi connectivity index (χ1v) is 3.47. The van der Waals surface area contributed by atoms with Gasteiger partial charge in [0.1, 0.15) is 0 Å². The smallest absolute Gasteiger partial charge is 0.233 e. The van der Waals surface area contributed by atoms with Gasteiger partial charge in [-0.3, -0.25) is 0 Å². The van der Waals surface area contributed by atoms with Gasteiger partial charge in [-0.2, -0.15) is 17.6 Å². The summed E-state index contributed by atoms with van der Waals surface area (Å²) < 4.78 is 99.2. The lowest BCUT2D eigenvalue weighted by molar-refractivity contribution is -0.527. The summed E-state index contributed by atoms with van der Waals surface area (Å²) in [5, 5.41) is 0. The molecule has 14 heavy (non-hydrogen) atoms. The first-order valence-electron chi connectivity index (χ1n) is 3.47. The van der Waals surface area contributed by atoms with Gasteiger partial charge in [-0.25, -0.2) is 17.6 Å². The van der Waals surface area contributed by atoms with Crippen LogP contribution in [0.5, 0.6) is 0 Å². The Morgan fingerprint density at radius 2 is 1.07 bits per heavy atom. The van der Waals surface area contributed by atoms with Gasteiger partial charge in [0, 0.05) is 0 Å². The van der Waals surface area contributed by atoms with Crippen molar-refractivity contribution in [3.8, 4) is 0 Å². The Balaban J connectivity index is 2.52. The Morgan fingerprint density at radius 1 is 0.643 bits per heavy atom. The number of halogens is 8. The molecule has 0 radical (unpaired) electrons. The molecule has 2 rings (SSSR count). The molecular weight excluding hydrogens is 224 g/mol. The van der Waals surface area contributed by atoms with Crippen molar-refractivity contribution in [2.24, 2.45) is 0 Å². The summed E-state index contributed by atoms with van der Waals surface area (Å²) in [6.45, 7) is 0. The Hall–Kier alpha value is -0.560. The Kier molecular flexibility index (Phi) is 1.25. The van der Waals surface area contributed by atoms with Crippen LogP contribution in [0.2, 0.25) is 0 Å². The van der Waals surface area contributed by atoms with Gasteiger partial charge in [0.15, 0.2) is 0 Å². The zero-order valence-electron chi connectivity index (χ0n) is 6.23. The molecule has 0 aliphatic heterocycles. The summed E-state index contributed by atoms with van der Waals surface area (Å²) in [7, 11) is 0. The standard InChI is InChI=1S/C6H2F8/c7-2-1-3(8,9)4(2,10)6(13,14)5(2,11)12/h1H2. The third-order valence-corrected chi connectivity index (χ3v) is 2.84. The highest BCUT2D eigenvalue weighted by atomic mass is 19.3. The third kappa shape index (κ3) is 0.490. The first-order chi connectivity index (χ1) is 5.96. The van der Waals surface area contributed by atoms with Crippen molar-refractivity contribution in [1.29, 1.82) is 0 Å². The minimum atomic E-state index is -5.66. The molecule has 82 valence electrons. The Bertz CT molecular complexity index is 293. The highest BCUT2D eigenvalue weighted by Gasteiger charge is 3.10. The number of alkyl halides is 8. The molecule has 0 spiro atoms. The van der Waals surface area contributed by atoms with Gasteiger partial charge in [-0.1, -0.05) is 0 Å². The summed E-state index contributed by atoms with van der Waals surface area (Å²) in [5.41, 5.74) is -9.50. The van der Waals surface area contributed by atoms with Crippen molar-refractivity contribution in [1.82, 2.24) is 0 Å². The average Bonchev–Trinajstić information content (AvgIpc) is 2.00. The predicted molar refractivity (Wildman–Crippen MR) is 27.1 cm³/mol. The molecule has 0 aromatic carbocycles. The topological polar surface area (TPSA) is 0 Å². The minimum Gasteiger partial charge on any atom is -0.233 e. The molecule has 2 aliphatic rings. The first kappa shape index (κ1) is 9.97. The third-order valence-electron chi connectivity index (χ3n) is 2.84. The van der Waals surface area contributed by atoms with E-state index in [1.165, 1.54) is 0 Å². The lowest BCUT2D eigenvalue weighted by atomic mass is 9.47. The van der Waals surface area contributed by atoms with Crippen molar-refractivity contribution in [2.75, 3.05) is 0 Å². The fourth-order valence-electron chi connectivity index (χ4n) is 1.94. The minimum absolute atomic E-state index is 2.21. The van der Waals surface area contributed by atoms with Crippen molar-refractivity contribution < 1.29 is 35.1 Å². The number of hydrogen-bond acceptors (Lipinski definition) is 0. The zero-order chi connectivity index (χ0) is 11.2. The molecule has 2 fully saturated rings. The second-order valence-corrected chi connectivity index (χ2v) is 3.49. The SMILES string of the molecule is FC1(F)CC2(F)C(F)(F)C(F)(F)C12F. The molecule has 0 saturated heterocycles. The largest absolute Gasteiger partial charge is 0.356 e. The monoisotopic (exact) mass is 226 g/mol. The van der Waals surface area contributed by atoms with E-state index in [9.17, 15) is 35.1 Å². The van der Waals surface area contributed by atoms with Gasteiger partial charge in [-0.15, -0.1) is 0 Å². The molecule has 0 bridgehead atoms. The van der Waals surface area contributed by atoms with Crippen molar-refractivity contribution in [3.05, 3.63) is 0 Å². The van der Waals surface area contributed by atoms with E-state index < -0.39 is 35.5 Å². The van der Waals surface area contributed by atoms with Gasteiger partial charge in [0.05, 0.1) is 6.42 Å². The van der Waals surface area contributed by atoms with Crippen LogP contribution < -0.4 is 0 Å². The molecule has 2 atom stereocenters. The van der Waals surface area contributed by atoms with Crippen molar-refractivity contribution in [2.45, 2.75) is 35.5 Å². The molecule has 8 heteroatoms. The van der Waals surface area contributed by atoms with Crippen LogP contribution in [-0.4, -0.2) is 29.1 Å². The molecule has 0 amide bonds. The zero-order valence-corrected chi connectivity index (χ0v) is 6.23. The molecule has 2 saturated carbocycles. The predicted octanol–water partition coefficient (Wildman–Crippen LogP) is 2.73. The van der Waals surface area contributed by atoms with Crippen LogP contribution in [0.3, 0.4) is 0 Å². The van der Waals surface area contributed by atoms with Crippen LogP contribution in [0.15, 0.2) is 0 Å². The molecule has 0 aromatic rings. The van der Waals surface area contributed by atoms with Crippen LogP contribution in [0.4, 0.5) is 35.1 Å². The summed E-state index contributed by atoms with van der Waals surface area (Å²) >= 11 is 0. The molecule has 0 aromatic heterocycles. The van der Waals surface area contributed by atoms with E-state index in [1.54, 1.807) is 0 Å². The average molecular weight is 226 g/mol. The molecule has 2 aliphatic carbocycles. The van der Waals surface area contributed by atoms with E-state index >= 15 is 0 Å². The van der Waals surface area contributed by atoms with Crippen LogP contribution in [0.1, 0.15) is 6.42 Å². The fraction of sp³-hybridized carbons (Fsp3) is 1.00. The van der Waals surface area contributed by atoms with E-state index in [0.29, 0.717) is 0 Å². The summed E-state index contributed by atoms with van der Waals surface area (Å²) in [5.74, 6) is -15.8. The summed E-state index contributed by atoms with van der Waals surface area (Å²) in [6, 6.07) is 0. The molecule has 0 N–H and O–H groups in total. The highest BCUT2D eigenvalue weighted by Crippen LogP contribution is 2.81. The van der Waals surface area contributed by atoms with E-state index in [-0.39, 0.29) is 0 Å². The second-order valence-electron chi connectivity index (χ2n) is 3.49. The van der Waals surface area contributed by atoms with Gasteiger partial charge in [-0.05, 0) is 0 Å². The summed E-state index contributed by atoms with van der Waals surface area (Å²) in [4.78, 5) is 0. The maximum absolute atomic E-state index is 12.8. The maximum atomic E-state index is 12.8. The highest BCUT2D eigenvalue weighted by molar-refractivity contribution is 5.43. The van der Waals surface area contributed by atoms with Gasteiger partial charge >= 0.3 is 11.8 Å².